The van der Waals surface area contributed by atoms with Gasteiger partial charge in [0.15, 0.2) is 5.82 Å². The van der Waals surface area contributed by atoms with Crippen LogP contribution in [0.25, 0.3) is 5.82 Å². The third kappa shape index (κ3) is 4.25. The second kappa shape index (κ2) is 6.66. The van der Waals surface area contributed by atoms with Gasteiger partial charge in [0.2, 0.25) is 0 Å². The molecular formula is C12H18N6O2S. The Balaban J connectivity index is 1.82. The van der Waals surface area contributed by atoms with E-state index in [1.165, 1.54) is 14.1 Å². The molecule has 0 bridgehead atoms. The highest BCUT2D eigenvalue weighted by atomic mass is 32.2. The number of anilines is 1. The van der Waals surface area contributed by atoms with Crippen LogP contribution in [-0.4, -0.2) is 54.7 Å². The summed E-state index contributed by atoms with van der Waals surface area (Å²) in [7, 11) is -0.438. The normalized spacial score (nSPS) is 11.8. The quantitative estimate of drug-likeness (QED) is 0.706. The molecule has 2 aromatic heterocycles. The average Bonchev–Trinajstić information content (AvgIpc) is 2.98. The molecule has 2 rings (SSSR count). The lowest BCUT2D eigenvalue weighted by Crippen LogP contribution is -2.38. The highest BCUT2D eigenvalue weighted by molar-refractivity contribution is 7.87. The number of nitrogens with zero attached hydrogens (tertiary/aromatic N) is 4. The number of nitrogens with one attached hydrogen (secondary N) is 2. The summed E-state index contributed by atoms with van der Waals surface area (Å²) in [6, 6.07) is 7.44. The molecule has 2 heterocycles. The fraction of sp³-hybridized carbons (Fsp3) is 0.333. The zero-order chi connectivity index (χ0) is 15.3. The Hall–Kier alpha value is -1.97. The highest BCUT2D eigenvalue weighted by Crippen LogP contribution is 2.06. The van der Waals surface area contributed by atoms with E-state index in [9.17, 15) is 8.42 Å². The van der Waals surface area contributed by atoms with Crippen molar-refractivity contribution in [2.24, 2.45) is 0 Å². The Morgan fingerprint density at radius 3 is 2.43 bits per heavy atom. The number of aromatic nitrogens is 3. The van der Waals surface area contributed by atoms with Gasteiger partial charge in [-0.15, -0.1) is 10.2 Å². The zero-order valence-electron chi connectivity index (χ0n) is 11.9. The minimum absolute atomic E-state index is 0.265. The van der Waals surface area contributed by atoms with Crippen molar-refractivity contribution in [3.05, 3.63) is 36.7 Å². The summed E-state index contributed by atoms with van der Waals surface area (Å²) in [4.78, 5) is 0. The lowest BCUT2D eigenvalue weighted by Gasteiger charge is -2.12. The van der Waals surface area contributed by atoms with E-state index in [0.717, 1.165) is 10.1 Å². The molecule has 2 N–H and O–H groups in total. The first-order valence-corrected chi connectivity index (χ1v) is 7.81. The van der Waals surface area contributed by atoms with Crippen LogP contribution < -0.4 is 10.0 Å². The molecule has 0 aliphatic carbocycles. The summed E-state index contributed by atoms with van der Waals surface area (Å²) in [6.07, 6.45) is 3.76. The Kier molecular flexibility index (Phi) is 4.89. The smallest absolute Gasteiger partial charge is 0.278 e. The molecule has 114 valence electrons. The number of hydrogen-bond acceptors (Lipinski definition) is 5. The molecule has 21 heavy (non-hydrogen) atoms. The van der Waals surface area contributed by atoms with Gasteiger partial charge in [0, 0.05) is 39.6 Å². The first-order valence-electron chi connectivity index (χ1n) is 6.37. The van der Waals surface area contributed by atoms with Crippen LogP contribution in [0.3, 0.4) is 0 Å². The summed E-state index contributed by atoms with van der Waals surface area (Å²) in [5.74, 6) is 1.31. The van der Waals surface area contributed by atoms with Crippen molar-refractivity contribution in [3.8, 4) is 5.82 Å². The summed E-state index contributed by atoms with van der Waals surface area (Å²) in [5.41, 5.74) is 0. The van der Waals surface area contributed by atoms with Gasteiger partial charge in [0.25, 0.3) is 10.2 Å². The van der Waals surface area contributed by atoms with Crippen molar-refractivity contribution in [2.75, 3.05) is 32.5 Å². The minimum atomic E-state index is -3.38. The van der Waals surface area contributed by atoms with Crippen LogP contribution in [0.4, 0.5) is 5.82 Å². The van der Waals surface area contributed by atoms with Crippen molar-refractivity contribution in [1.29, 1.82) is 0 Å². The van der Waals surface area contributed by atoms with E-state index in [4.69, 9.17) is 0 Å². The highest BCUT2D eigenvalue weighted by Gasteiger charge is 2.11. The summed E-state index contributed by atoms with van der Waals surface area (Å²) < 4.78 is 28.4. The average molecular weight is 310 g/mol. The van der Waals surface area contributed by atoms with Gasteiger partial charge in [-0.25, -0.2) is 4.72 Å². The van der Waals surface area contributed by atoms with Crippen molar-refractivity contribution in [2.45, 2.75) is 0 Å². The molecule has 0 fully saturated rings. The molecule has 0 atom stereocenters. The van der Waals surface area contributed by atoms with E-state index >= 15 is 0 Å². The predicted octanol–water partition coefficient (Wildman–Crippen LogP) is 0.0752. The molecule has 0 aliphatic heterocycles. The second-order valence-electron chi connectivity index (χ2n) is 4.48. The van der Waals surface area contributed by atoms with Crippen molar-refractivity contribution in [1.82, 2.24) is 23.8 Å². The molecule has 0 radical (unpaired) electrons. The fourth-order valence-corrected chi connectivity index (χ4v) is 2.16. The SMILES string of the molecule is CN(C)S(=O)(=O)NCCNc1ccc(-n2cccc2)nn1. The van der Waals surface area contributed by atoms with Gasteiger partial charge in [-0.1, -0.05) is 0 Å². The third-order valence-electron chi connectivity index (χ3n) is 2.72. The van der Waals surface area contributed by atoms with Gasteiger partial charge in [0.1, 0.15) is 5.82 Å². The first kappa shape index (κ1) is 15.4. The Morgan fingerprint density at radius 2 is 1.86 bits per heavy atom. The topological polar surface area (TPSA) is 92.2 Å². The van der Waals surface area contributed by atoms with Crippen LogP contribution in [0.2, 0.25) is 0 Å². The van der Waals surface area contributed by atoms with Gasteiger partial charge in [0.05, 0.1) is 0 Å². The molecule has 8 nitrogen and oxygen atoms in total. The van der Waals surface area contributed by atoms with E-state index in [-0.39, 0.29) is 6.54 Å². The lowest BCUT2D eigenvalue weighted by molar-refractivity contribution is 0.507. The molecule has 0 saturated carbocycles. The molecule has 0 aliphatic rings. The Labute approximate surface area is 124 Å². The molecule has 2 aromatic rings. The largest absolute Gasteiger partial charge is 0.367 e. The maximum Gasteiger partial charge on any atom is 0.278 e. The van der Waals surface area contributed by atoms with Gasteiger partial charge in [-0.3, -0.25) is 0 Å². The number of hydrogen-bond donors (Lipinski definition) is 2. The maximum absolute atomic E-state index is 11.5. The summed E-state index contributed by atoms with van der Waals surface area (Å²) in [5, 5.41) is 11.1. The van der Waals surface area contributed by atoms with Crippen LogP contribution in [-0.2, 0) is 10.2 Å². The molecule has 0 amide bonds. The molecule has 9 heteroatoms. The molecule has 0 aromatic carbocycles. The van der Waals surface area contributed by atoms with Crippen LogP contribution in [0.1, 0.15) is 0 Å². The third-order valence-corrected chi connectivity index (χ3v) is 4.25. The fourth-order valence-electron chi connectivity index (χ4n) is 1.54. The van der Waals surface area contributed by atoms with E-state index in [1.54, 1.807) is 6.07 Å². The first-order chi connectivity index (χ1) is 9.99. The second-order valence-corrected chi connectivity index (χ2v) is 6.44. The van der Waals surface area contributed by atoms with E-state index in [1.807, 2.05) is 35.2 Å². The Bertz CT molecular complexity index is 652. The van der Waals surface area contributed by atoms with Gasteiger partial charge >= 0.3 is 0 Å². The molecule has 0 saturated heterocycles. The van der Waals surface area contributed by atoms with E-state index in [0.29, 0.717) is 12.4 Å². The number of rotatable bonds is 7. The van der Waals surface area contributed by atoms with Gasteiger partial charge < -0.3 is 9.88 Å². The van der Waals surface area contributed by atoms with Crippen molar-refractivity contribution < 1.29 is 8.42 Å². The van der Waals surface area contributed by atoms with Gasteiger partial charge in [-0.05, 0) is 24.3 Å². The maximum atomic E-state index is 11.5. The molecular weight excluding hydrogens is 292 g/mol. The minimum Gasteiger partial charge on any atom is -0.367 e. The standard InChI is InChI=1S/C12H18N6O2S/c1-17(2)21(19,20)14-8-7-13-11-5-6-12(16-15-11)18-9-3-4-10-18/h3-6,9-10,14H,7-8H2,1-2H3,(H,13,15). The van der Waals surface area contributed by atoms with Crippen LogP contribution in [0.5, 0.6) is 0 Å². The molecule has 0 spiro atoms. The predicted molar refractivity (Wildman–Crippen MR) is 80.5 cm³/mol. The van der Waals surface area contributed by atoms with Crippen molar-refractivity contribution >= 4 is 16.0 Å². The van der Waals surface area contributed by atoms with E-state index in [2.05, 4.69) is 20.2 Å². The molecule has 0 unspecified atom stereocenters. The van der Waals surface area contributed by atoms with Crippen molar-refractivity contribution in [3.63, 3.8) is 0 Å². The summed E-state index contributed by atoms with van der Waals surface area (Å²) >= 11 is 0. The zero-order valence-corrected chi connectivity index (χ0v) is 12.7. The van der Waals surface area contributed by atoms with Crippen LogP contribution >= 0.6 is 0 Å². The van der Waals surface area contributed by atoms with Crippen LogP contribution in [0, 0.1) is 0 Å². The lowest BCUT2D eigenvalue weighted by atomic mass is 10.5. The Morgan fingerprint density at radius 1 is 1.14 bits per heavy atom. The van der Waals surface area contributed by atoms with E-state index < -0.39 is 10.2 Å². The van der Waals surface area contributed by atoms with Crippen LogP contribution in [0.15, 0.2) is 36.7 Å². The van der Waals surface area contributed by atoms with Gasteiger partial charge in [-0.2, -0.15) is 12.7 Å². The monoisotopic (exact) mass is 310 g/mol. The summed E-state index contributed by atoms with van der Waals surface area (Å²) in [6.45, 7) is 0.687.